The number of hydrogen-bond donors (Lipinski definition) is 1. The monoisotopic (exact) mass is 274 g/mol. The van der Waals surface area contributed by atoms with Crippen LogP contribution in [0.3, 0.4) is 0 Å². The van der Waals surface area contributed by atoms with Crippen LogP contribution in [0.2, 0.25) is 0 Å². The predicted octanol–water partition coefficient (Wildman–Crippen LogP) is 0.274. The molecular formula is C9H10N2O6S. The summed E-state index contributed by atoms with van der Waals surface area (Å²) in [6, 6.07) is 2.15. The average Bonchev–Trinajstić information content (AvgIpc) is 2.37. The second-order valence-electron chi connectivity index (χ2n) is 3.43. The number of hydrogen-bond acceptors (Lipinski definition) is 6. The SMILES string of the molecule is CNS(=O)(=O)c1cc2c(cc1[N+](=O)[O-])OCCO2. The van der Waals surface area contributed by atoms with Gasteiger partial charge in [-0.05, 0) is 7.05 Å². The topological polar surface area (TPSA) is 108 Å². The van der Waals surface area contributed by atoms with Crippen LogP contribution >= 0.6 is 0 Å². The van der Waals surface area contributed by atoms with E-state index in [1.54, 1.807) is 0 Å². The molecule has 9 heteroatoms. The Labute approximate surface area is 103 Å². The van der Waals surface area contributed by atoms with E-state index >= 15 is 0 Å². The van der Waals surface area contributed by atoms with Crippen LogP contribution in [0.1, 0.15) is 0 Å². The second-order valence-corrected chi connectivity index (χ2v) is 5.28. The third-order valence-electron chi connectivity index (χ3n) is 2.38. The number of ether oxygens (including phenoxy) is 2. The van der Waals surface area contributed by atoms with Gasteiger partial charge < -0.3 is 9.47 Å². The molecule has 0 fully saturated rings. The van der Waals surface area contributed by atoms with Crippen molar-refractivity contribution < 1.29 is 22.8 Å². The van der Waals surface area contributed by atoms with Crippen molar-refractivity contribution in [2.75, 3.05) is 20.3 Å². The zero-order valence-electron chi connectivity index (χ0n) is 9.37. The molecule has 1 aromatic carbocycles. The van der Waals surface area contributed by atoms with E-state index in [4.69, 9.17) is 9.47 Å². The van der Waals surface area contributed by atoms with Crippen molar-refractivity contribution in [2.24, 2.45) is 0 Å². The van der Waals surface area contributed by atoms with Crippen molar-refractivity contribution >= 4 is 15.7 Å². The first-order chi connectivity index (χ1) is 8.45. The zero-order chi connectivity index (χ0) is 13.3. The molecule has 0 saturated heterocycles. The Kier molecular flexibility index (Phi) is 3.09. The Hall–Kier alpha value is -1.87. The maximum absolute atomic E-state index is 11.7. The van der Waals surface area contributed by atoms with Gasteiger partial charge in [0, 0.05) is 6.07 Å². The molecule has 0 radical (unpaired) electrons. The predicted molar refractivity (Wildman–Crippen MR) is 60.3 cm³/mol. The van der Waals surface area contributed by atoms with Crippen molar-refractivity contribution in [2.45, 2.75) is 4.90 Å². The van der Waals surface area contributed by atoms with E-state index in [9.17, 15) is 18.5 Å². The molecule has 1 heterocycles. The zero-order valence-corrected chi connectivity index (χ0v) is 10.2. The van der Waals surface area contributed by atoms with Gasteiger partial charge in [-0.3, -0.25) is 10.1 Å². The third kappa shape index (κ3) is 2.09. The van der Waals surface area contributed by atoms with Crippen molar-refractivity contribution in [1.29, 1.82) is 0 Å². The maximum Gasteiger partial charge on any atom is 0.293 e. The summed E-state index contributed by atoms with van der Waals surface area (Å²) >= 11 is 0. The summed E-state index contributed by atoms with van der Waals surface area (Å²) < 4.78 is 35.8. The summed E-state index contributed by atoms with van der Waals surface area (Å²) in [6.07, 6.45) is 0. The molecule has 1 aromatic rings. The lowest BCUT2D eigenvalue weighted by molar-refractivity contribution is -0.388. The smallest absolute Gasteiger partial charge is 0.293 e. The summed E-state index contributed by atoms with van der Waals surface area (Å²) in [5.41, 5.74) is -0.548. The molecule has 0 spiro atoms. The third-order valence-corrected chi connectivity index (χ3v) is 3.82. The molecule has 0 saturated carbocycles. The van der Waals surface area contributed by atoms with Gasteiger partial charge in [0.15, 0.2) is 16.4 Å². The van der Waals surface area contributed by atoms with Gasteiger partial charge in [-0.2, -0.15) is 0 Å². The molecule has 2 rings (SSSR count). The molecule has 0 amide bonds. The van der Waals surface area contributed by atoms with Crippen molar-refractivity contribution in [3.63, 3.8) is 0 Å². The number of fused-ring (bicyclic) bond motifs is 1. The number of rotatable bonds is 3. The van der Waals surface area contributed by atoms with Gasteiger partial charge in [-0.25, -0.2) is 13.1 Å². The number of sulfonamides is 1. The van der Waals surface area contributed by atoms with Gasteiger partial charge in [0.1, 0.15) is 13.2 Å². The number of nitro benzene ring substituents is 1. The molecule has 8 nitrogen and oxygen atoms in total. The van der Waals surface area contributed by atoms with Gasteiger partial charge in [0.25, 0.3) is 5.69 Å². The Morgan fingerprint density at radius 1 is 1.28 bits per heavy atom. The minimum Gasteiger partial charge on any atom is -0.486 e. The fourth-order valence-corrected chi connectivity index (χ4v) is 2.42. The highest BCUT2D eigenvalue weighted by molar-refractivity contribution is 7.89. The molecule has 0 aliphatic carbocycles. The number of nitro groups is 1. The van der Waals surface area contributed by atoms with E-state index in [2.05, 4.69) is 0 Å². The molecule has 1 N–H and O–H groups in total. The summed E-state index contributed by atoms with van der Waals surface area (Å²) in [5, 5.41) is 10.9. The molecular weight excluding hydrogens is 264 g/mol. The summed E-state index contributed by atoms with van der Waals surface area (Å²) in [5.74, 6) is 0.351. The normalized spacial score (nSPS) is 14.3. The quantitative estimate of drug-likeness (QED) is 0.626. The fraction of sp³-hybridized carbons (Fsp3) is 0.333. The van der Waals surface area contributed by atoms with Crippen molar-refractivity contribution in [3.8, 4) is 11.5 Å². The molecule has 98 valence electrons. The number of nitrogens with zero attached hydrogens (tertiary/aromatic N) is 1. The Balaban J connectivity index is 2.67. The number of nitrogens with one attached hydrogen (secondary N) is 1. The molecule has 1 aliphatic heterocycles. The first kappa shape index (κ1) is 12.6. The van der Waals surface area contributed by atoms with Gasteiger partial charge in [0.2, 0.25) is 10.0 Å². The highest BCUT2D eigenvalue weighted by Crippen LogP contribution is 2.38. The van der Waals surface area contributed by atoms with Gasteiger partial charge >= 0.3 is 0 Å². The minimum absolute atomic E-state index is 0.169. The maximum atomic E-state index is 11.7. The standard InChI is InChI=1S/C9H10N2O6S/c1-10-18(14,15)9-5-8-7(16-2-3-17-8)4-6(9)11(12)13/h4-5,10H,2-3H2,1H3. The lowest BCUT2D eigenvalue weighted by atomic mass is 10.2. The van der Waals surface area contributed by atoms with Crippen LogP contribution in [0.5, 0.6) is 11.5 Å². The summed E-state index contributed by atoms with van der Waals surface area (Å²) in [4.78, 5) is 9.67. The second kappa shape index (κ2) is 4.42. The Morgan fingerprint density at radius 3 is 2.33 bits per heavy atom. The average molecular weight is 274 g/mol. The number of benzene rings is 1. The van der Waals surface area contributed by atoms with E-state index in [1.807, 2.05) is 4.72 Å². The first-order valence-corrected chi connectivity index (χ1v) is 6.45. The Morgan fingerprint density at radius 2 is 1.83 bits per heavy atom. The Bertz CT molecular complexity index is 597. The lowest BCUT2D eigenvalue weighted by Crippen LogP contribution is -2.21. The summed E-state index contributed by atoms with van der Waals surface area (Å²) in [6.45, 7) is 0.534. The van der Waals surface area contributed by atoms with Crippen LogP contribution < -0.4 is 14.2 Å². The van der Waals surface area contributed by atoms with Crippen LogP contribution in [-0.4, -0.2) is 33.6 Å². The molecule has 0 aromatic heterocycles. The fourth-order valence-electron chi connectivity index (χ4n) is 1.53. The van der Waals surface area contributed by atoms with Gasteiger partial charge in [-0.15, -0.1) is 0 Å². The molecule has 0 unspecified atom stereocenters. The van der Waals surface area contributed by atoms with Crippen LogP contribution in [0.4, 0.5) is 5.69 Å². The van der Waals surface area contributed by atoms with Gasteiger partial charge in [0.05, 0.1) is 11.0 Å². The largest absolute Gasteiger partial charge is 0.486 e. The van der Waals surface area contributed by atoms with Crippen molar-refractivity contribution in [3.05, 3.63) is 22.2 Å². The van der Waals surface area contributed by atoms with E-state index in [1.165, 1.54) is 7.05 Å². The van der Waals surface area contributed by atoms with Gasteiger partial charge in [-0.1, -0.05) is 0 Å². The van der Waals surface area contributed by atoms with E-state index in [0.29, 0.717) is 0 Å². The molecule has 0 bridgehead atoms. The van der Waals surface area contributed by atoms with Crippen LogP contribution in [0, 0.1) is 10.1 Å². The van der Waals surface area contributed by atoms with Crippen molar-refractivity contribution in [1.82, 2.24) is 4.72 Å². The van der Waals surface area contributed by atoms with Crippen LogP contribution in [-0.2, 0) is 10.0 Å². The van der Waals surface area contributed by atoms with Crippen LogP contribution in [0.15, 0.2) is 17.0 Å². The summed E-state index contributed by atoms with van der Waals surface area (Å²) in [7, 11) is -2.76. The molecule has 1 aliphatic rings. The van der Waals surface area contributed by atoms with E-state index in [0.717, 1.165) is 12.1 Å². The highest BCUT2D eigenvalue weighted by atomic mass is 32.2. The lowest BCUT2D eigenvalue weighted by Gasteiger charge is -2.18. The molecule has 0 atom stereocenters. The first-order valence-electron chi connectivity index (χ1n) is 4.97. The highest BCUT2D eigenvalue weighted by Gasteiger charge is 2.29. The minimum atomic E-state index is -3.93. The van der Waals surface area contributed by atoms with E-state index < -0.39 is 25.5 Å². The van der Waals surface area contributed by atoms with E-state index in [-0.39, 0.29) is 24.7 Å². The van der Waals surface area contributed by atoms with Crippen LogP contribution in [0.25, 0.3) is 0 Å². The molecule has 18 heavy (non-hydrogen) atoms.